The lowest BCUT2D eigenvalue weighted by molar-refractivity contribution is 0.168. The van der Waals surface area contributed by atoms with Gasteiger partial charge in [0.1, 0.15) is 5.82 Å². The lowest BCUT2D eigenvalue weighted by Crippen LogP contribution is -2.52. The first kappa shape index (κ1) is 20.1. The fraction of sp³-hybridized carbons (Fsp3) is 0.500. The van der Waals surface area contributed by atoms with E-state index in [4.69, 9.17) is 9.97 Å². The highest BCUT2D eigenvalue weighted by Gasteiger charge is 2.26. The molecule has 0 unspecified atom stereocenters. The molecule has 0 spiro atoms. The fourth-order valence-corrected chi connectivity index (χ4v) is 3.71. The molecule has 1 fully saturated rings. The molecule has 2 heterocycles. The molecular weight excluding hydrogens is 350 g/mol. The van der Waals surface area contributed by atoms with Crippen LogP contribution >= 0.6 is 0 Å². The van der Waals surface area contributed by atoms with E-state index in [9.17, 15) is 4.79 Å². The first-order valence-electron chi connectivity index (χ1n) is 9.94. The summed E-state index contributed by atoms with van der Waals surface area (Å²) in [7, 11) is 3.60. The fourth-order valence-electron chi connectivity index (χ4n) is 3.71. The number of amides is 2. The molecule has 2 aromatic rings. The Bertz CT molecular complexity index is 837. The predicted molar refractivity (Wildman–Crippen MR) is 114 cm³/mol. The van der Waals surface area contributed by atoms with Gasteiger partial charge in [-0.1, -0.05) is 43.7 Å². The molecule has 1 aromatic carbocycles. The van der Waals surface area contributed by atoms with Gasteiger partial charge in [-0.3, -0.25) is 0 Å². The molecule has 1 aliphatic heterocycles. The molecule has 1 aliphatic rings. The normalized spacial score (nSPS) is 14.5. The van der Waals surface area contributed by atoms with Crippen LogP contribution < -0.4 is 4.90 Å². The molecule has 0 radical (unpaired) electrons. The average Bonchev–Trinajstić information content (AvgIpc) is 2.67. The van der Waals surface area contributed by atoms with Crippen LogP contribution in [-0.4, -0.2) is 66.1 Å². The van der Waals surface area contributed by atoms with Crippen molar-refractivity contribution in [1.82, 2.24) is 19.8 Å². The third-order valence-electron chi connectivity index (χ3n) is 5.24. The third kappa shape index (κ3) is 4.11. The van der Waals surface area contributed by atoms with E-state index in [-0.39, 0.29) is 6.03 Å². The number of piperazine rings is 1. The van der Waals surface area contributed by atoms with Gasteiger partial charge < -0.3 is 14.7 Å². The van der Waals surface area contributed by atoms with Crippen LogP contribution in [0.3, 0.4) is 0 Å². The van der Waals surface area contributed by atoms with Crippen molar-refractivity contribution in [3.8, 4) is 11.4 Å². The van der Waals surface area contributed by atoms with Gasteiger partial charge in [-0.15, -0.1) is 0 Å². The maximum atomic E-state index is 12.2. The van der Waals surface area contributed by atoms with Crippen LogP contribution in [0, 0.1) is 13.8 Å². The van der Waals surface area contributed by atoms with E-state index in [1.807, 2.05) is 4.90 Å². The molecule has 0 atom stereocenters. The van der Waals surface area contributed by atoms with Crippen molar-refractivity contribution in [3.05, 3.63) is 41.1 Å². The van der Waals surface area contributed by atoms with Gasteiger partial charge in [0.05, 0.1) is 0 Å². The first-order chi connectivity index (χ1) is 13.3. The Morgan fingerprint density at radius 1 is 1.00 bits per heavy atom. The standard InChI is InChI=1S/C22H31N5O/c1-15(2)19-17(4)23-20(18-9-7-16(3)8-10-18)24-21(19)26-11-13-27(14-12-26)22(28)25(5)6/h7-10,15H,11-14H2,1-6H3. The Morgan fingerprint density at radius 3 is 2.14 bits per heavy atom. The first-order valence-corrected chi connectivity index (χ1v) is 9.94. The Hall–Kier alpha value is -2.63. The van der Waals surface area contributed by atoms with Crippen LogP contribution in [-0.2, 0) is 0 Å². The van der Waals surface area contributed by atoms with E-state index in [0.717, 1.165) is 36.0 Å². The van der Waals surface area contributed by atoms with Gasteiger partial charge in [0.15, 0.2) is 5.82 Å². The van der Waals surface area contributed by atoms with Crippen molar-refractivity contribution >= 4 is 11.8 Å². The maximum Gasteiger partial charge on any atom is 0.319 e. The Labute approximate surface area is 168 Å². The summed E-state index contributed by atoms with van der Waals surface area (Å²) in [6, 6.07) is 8.42. The van der Waals surface area contributed by atoms with Gasteiger partial charge in [-0.25, -0.2) is 14.8 Å². The summed E-state index contributed by atoms with van der Waals surface area (Å²) in [5.41, 5.74) is 4.48. The number of hydrogen-bond acceptors (Lipinski definition) is 4. The molecule has 1 aromatic heterocycles. The number of aromatic nitrogens is 2. The molecule has 2 amide bonds. The third-order valence-corrected chi connectivity index (χ3v) is 5.24. The summed E-state index contributed by atoms with van der Waals surface area (Å²) < 4.78 is 0. The second-order valence-electron chi connectivity index (χ2n) is 8.04. The minimum absolute atomic E-state index is 0.0722. The van der Waals surface area contributed by atoms with Crippen molar-refractivity contribution < 1.29 is 4.79 Å². The topological polar surface area (TPSA) is 52.6 Å². The number of anilines is 1. The van der Waals surface area contributed by atoms with Gasteiger partial charge in [-0.2, -0.15) is 0 Å². The number of aryl methyl sites for hydroxylation is 2. The quantitative estimate of drug-likeness (QED) is 0.814. The van der Waals surface area contributed by atoms with Gasteiger partial charge in [0.25, 0.3) is 0 Å². The molecule has 0 saturated carbocycles. The van der Waals surface area contributed by atoms with E-state index in [2.05, 4.69) is 56.9 Å². The van der Waals surface area contributed by atoms with Crippen LogP contribution in [0.15, 0.2) is 24.3 Å². The van der Waals surface area contributed by atoms with Crippen LogP contribution in [0.4, 0.5) is 10.6 Å². The van der Waals surface area contributed by atoms with Crippen molar-refractivity contribution in [1.29, 1.82) is 0 Å². The predicted octanol–water partition coefficient (Wildman–Crippen LogP) is 3.69. The Morgan fingerprint density at radius 2 is 1.61 bits per heavy atom. The second kappa shape index (κ2) is 8.17. The molecule has 0 N–H and O–H groups in total. The van der Waals surface area contributed by atoms with Crippen molar-refractivity contribution in [2.45, 2.75) is 33.6 Å². The molecule has 6 nitrogen and oxygen atoms in total. The molecule has 0 bridgehead atoms. The van der Waals surface area contributed by atoms with Gasteiger partial charge in [0, 0.05) is 57.1 Å². The molecular formula is C22H31N5O. The van der Waals surface area contributed by atoms with Gasteiger partial charge >= 0.3 is 6.03 Å². The number of carbonyl (C=O) groups excluding carboxylic acids is 1. The van der Waals surface area contributed by atoms with Crippen LogP contribution in [0.5, 0.6) is 0 Å². The van der Waals surface area contributed by atoms with E-state index in [1.54, 1.807) is 19.0 Å². The number of carbonyl (C=O) groups is 1. The van der Waals surface area contributed by atoms with Crippen molar-refractivity contribution in [3.63, 3.8) is 0 Å². The van der Waals surface area contributed by atoms with Crippen LogP contribution in [0.1, 0.15) is 36.6 Å². The molecule has 150 valence electrons. The zero-order valence-electron chi connectivity index (χ0n) is 17.9. The summed E-state index contributed by atoms with van der Waals surface area (Å²) in [5.74, 6) is 2.11. The average molecular weight is 382 g/mol. The highest BCUT2D eigenvalue weighted by molar-refractivity contribution is 5.74. The summed E-state index contributed by atoms with van der Waals surface area (Å²) in [4.78, 5) is 27.9. The lowest BCUT2D eigenvalue weighted by Gasteiger charge is -2.37. The van der Waals surface area contributed by atoms with Crippen LogP contribution in [0.2, 0.25) is 0 Å². The Balaban J connectivity index is 1.93. The largest absolute Gasteiger partial charge is 0.353 e. The minimum Gasteiger partial charge on any atom is -0.353 e. The number of rotatable bonds is 3. The minimum atomic E-state index is 0.0722. The molecule has 28 heavy (non-hydrogen) atoms. The zero-order valence-corrected chi connectivity index (χ0v) is 17.9. The second-order valence-corrected chi connectivity index (χ2v) is 8.04. The number of urea groups is 1. The summed E-state index contributed by atoms with van der Waals surface area (Å²) in [6.07, 6.45) is 0. The summed E-state index contributed by atoms with van der Waals surface area (Å²) >= 11 is 0. The number of hydrogen-bond donors (Lipinski definition) is 0. The highest BCUT2D eigenvalue weighted by atomic mass is 16.2. The lowest BCUT2D eigenvalue weighted by atomic mass is 10.0. The van der Waals surface area contributed by atoms with E-state index in [0.29, 0.717) is 19.0 Å². The van der Waals surface area contributed by atoms with Gasteiger partial charge in [-0.05, 0) is 19.8 Å². The molecule has 1 saturated heterocycles. The van der Waals surface area contributed by atoms with Gasteiger partial charge in [0.2, 0.25) is 0 Å². The van der Waals surface area contributed by atoms with Crippen LogP contribution in [0.25, 0.3) is 11.4 Å². The monoisotopic (exact) mass is 381 g/mol. The maximum absolute atomic E-state index is 12.2. The summed E-state index contributed by atoms with van der Waals surface area (Å²) in [6.45, 7) is 11.5. The van der Waals surface area contributed by atoms with Crippen molar-refractivity contribution in [2.75, 3.05) is 45.2 Å². The number of benzene rings is 1. The smallest absolute Gasteiger partial charge is 0.319 e. The molecule has 0 aliphatic carbocycles. The highest BCUT2D eigenvalue weighted by Crippen LogP contribution is 2.31. The summed E-state index contributed by atoms with van der Waals surface area (Å²) in [5, 5.41) is 0. The zero-order chi connectivity index (χ0) is 20.4. The SMILES string of the molecule is Cc1ccc(-c2nc(C)c(C(C)C)c(N3CCN(C(=O)N(C)C)CC3)n2)cc1. The number of nitrogens with zero attached hydrogens (tertiary/aromatic N) is 5. The molecule has 6 heteroatoms. The Kier molecular flexibility index (Phi) is 5.87. The van der Waals surface area contributed by atoms with E-state index >= 15 is 0 Å². The van der Waals surface area contributed by atoms with E-state index < -0.39 is 0 Å². The van der Waals surface area contributed by atoms with E-state index in [1.165, 1.54) is 11.1 Å². The molecule has 3 rings (SSSR count). The van der Waals surface area contributed by atoms with Crippen molar-refractivity contribution in [2.24, 2.45) is 0 Å².